The van der Waals surface area contributed by atoms with E-state index in [0.717, 1.165) is 25.9 Å². The number of likely N-dealkylation sites (tertiary alicyclic amines) is 1. The third-order valence-corrected chi connectivity index (χ3v) is 3.48. The van der Waals surface area contributed by atoms with Gasteiger partial charge in [-0.05, 0) is 36.5 Å². The highest BCUT2D eigenvalue weighted by Gasteiger charge is 2.20. The zero-order valence-corrected chi connectivity index (χ0v) is 11.6. The first kappa shape index (κ1) is 14.4. The molecule has 2 rings (SSSR count). The van der Waals surface area contributed by atoms with Crippen LogP contribution in [0.25, 0.3) is 0 Å². The maximum atomic E-state index is 12.1. The van der Waals surface area contributed by atoms with Crippen LogP contribution in [-0.4, -0.2) is 35.1 Å². The molecule has 0 aliphatic carbocycles. The molecule has 1 heterocycles. The van der Waals surface area contributed by atoms with Gasteiger partial charge in [0.15, 0.2) is 0 Å². The van der Waals surface area contributed by atoms with Crippen molar-refractivity contribution >= 4 is 17.7 Å². The summed E-state index contributed by atoms with van der Waals surface area (Å²) >= 11 is 0. The summed E-state index contributed by atoms with van der Waals surface area (Å²) < 4.78 is 0. The van der Waals surface area contributed by atoms with Crippen LogP contribution in [-0.2, 0) is 11.2 Å². The molecule has 1 aliphatic rings. The number of benzene rings is 1. The van der Waals surface area contributed by atoms with Gasteiger partial charge < -0.3 is 15.3 Å². The van der Waals surface area contributed by atoms with Crippen LogP contribution in [0.3, 0.4) is 0 Å². The van der Waals surface area contributed by atoms with E-state index in [1.54, 1.807) is 24.3 Å². The van der Waals surface area contributed by atoms with Crippen molar-refractivity contribution in [3.05, 3.63) is 29.8 Å². The minimum absolute atomic E-state index is 0.0372. The minimum atomic E-state index is -0.877. The summed E-state index contributed by atoms with van der Waals surface area (Å²) in [6.45, 7) is 3.71. The molecule has 0 radical (unpaired) electrons. The van der Waals surface area contributed by atoms with Crippen molar-refractivity contribution in [2.24, 2.45) is 5.92 Å². The predicted molar refractivity (Wildman–Crippen MR) is 76.8 cm³/mol. The number of aliphatic carboxylic acids is 1. The fourth-order valence-electron chi connectivity index (χ4n) is 2.51. The smallest absolute Gasteiger partial charge is 0.321 e. The van der Waals surface area contributed by atoms with E-state index >= 15 is 0 Å². The largest absolute Gasteiger partial charge is 0.481 e. The molecular weight excluding hydrogens is 256 g/mol. The lowest BCUT2D eigenvalue weighted by Crippen LogP contribution is -2.41. The molecule has 108 valence electrons. The van der Waals surface area contributed by atoms with Gasteiger partial charge in [0.1, 0.15) is 0 Å². The summed E-state index contributed by atoms with van der Waals surface area (Å²) in [5, 5.41) is 11.6. The van der Waals surface area contributed by atoms with Crippen molar-refractivity contribution in [1.29, 1.82) is 0 Å². The molecule has 20 heavy (non-hydrogen) atoms. The number of nitrogens with zero attached hydrogens (tertiary/aromatic N) is 1. The number of nitrogens with one attached hydrogen (secondary N) is 1. The maximum Gasteiger partial charge on any atom is 0.321 e. The van der Waals surface area contributed by atoms with Gasteiger partial charge in [-0.15, -0.1) is 0 Å². The van der Waals surface area contributed by atoms with Crippen LogP contribution in [0.15, 0.2) is 24.3 Å². The standard InChI is InChI=1S/C15H20N2O3/c1-11-4-3-7-17(10-11)15(20)16-13-6-2-5-12(8-13)9-14(18)19/h2,5-6,8,11H,3-4,7,9-10H2,1H3,(H,16,20)(H,18,19). The van der Waals surface area contributed by atoms with Crippen LogP contribution < -0.4 is 5.32 Å². The Morgan fingerprint density at radius 1 is 1.45 bits per heavy atom. The van der Waals surface area contributed by atoms with Crippen molar-refractivity contribution in [3.8, 4) is 0 Å². The summed E-state index contributed by atoms with van der Waals surface area (Å²) in [4.78, 5) is 24.7. The van der Waals surface area contributed by atoms with Crippen LogP contribution >= 0.6 is 0 Å². The molecule has 1 unspecified atom stereocenters. The topological polar surface area (TPSA) is 69.6 Å². The number of rotatable bonds is 3. The Morgan fingerprint density at radius 3 is 2.95 bits per heavy atom. The molecule has 1 aromatic carbocycles. The molecule has 5 nitrogen and oxygen atoms in total. The highest BCUT2D eigenvalue weighted by Crippen LogP contribution is 2.17. The summed E-state index contributed by atoms with van der Waals surface area (Å²) in [7, 11) is 0. The first-order valence-electron chi connectivity index (χ1n) is 6.91. The molecule has 1 aromatic rings. The number of urea groups is 1. The van der Waals surface area contributed by atoms with E-state index in [4.69, 9.17) is 5.11 Å². The highest BCUT2D eigenvalue weighted by atomic mass is 16.4. The predicted octanol–water partition coefficient (Wildman–Crippen LogP) is 2.58. The second-order valence-corrected chi connectivity index (χ2v) is 5.39. The van der Waals surface area contributed by atoms with E-state index in [-0.39, 0.29) is 12.5 Å². The van der Waals surface area contributed by atoms with Gasteiger partial charge >= 0.3 is 12.0 Å². The average Bonchev–Trinajstić information content (AvgIpc) is 2.38. The molecule has 0 saturated carbocycles. The minimum Gasteiger partial charge on any atom is -0.481 e. The molecule has 1 atom stereocenters. The van der Waals surface area contributed by atoms with E-state index in [1.807, 2.05) is 4.90 Å². The summed E-state index contributed by atoms with van der Waals surface area (Å²) in [5.41, 5.74) is 1.33. The molecule has 1 saturated heterocycles. The Labute approximate surface area is 118 Å². The molecule has 1 aliphatic heterocycles. The van der Waals surface area contributed by atoms with Gasteiger partial charge in [0.25, 0.3) is 0 Å². The zero-order valence-electron chi connectivity index (χ0n) is 11.6. The Bertz CT molecular complexity index is 502. The molecule has 1 fully saturated rings. The highest BCUT2D eigenvalue weighted by molar-refractivity contribution is 5.89. The number of amides is 2. The fourth-order valence-corrected chi connectivity index (χ4v) is 2.51. The van der Waals surface area contributed by atoms with E-state index in [2.05, 4.69) is 12.2 Å². The molecule has 0 aromatic heterocycles. The van der Waals surface area contributed by atoms with E-state index in [9.17, 15) is 9.59 Å². The monoisotopic (exact) mass is 276 g/mol. The van der Waals surface area contributed by atoms with Gasteiger partial charge in [0.05, 0.1) is 6.42 Å². The summed E-state index contributed by atoms with van der Waals surface area (Å²) in [6, 6.07) is 6.87. The molecule has 5 heteroatoms. The molecular formula is C15H20N2O3. The van der Waals surface area contributed by atoms with Crippen molar-refractivity contribution in [1.82, 2.24) is 4.90 Å². The Hall–Kier alpha value is -2.04. The Balaban J connectivity index is 1.98. The molecule has 0 spiro atoms. The quantitative estimate of drug-likeness (QED) is 0.891. The van der Waals surface area contributed by atoms with Gasteiger partial charge in [0.2, 0.25) is 0 Å². The van der Waals surface area contributed by atoms with Gasteiger partial charge in [-0.3, -0.25) is 4.79 Å². The van der Waals surface area contributed by atoms with Crippen molar-refractivity contribution in [2.75, 3.05) is 18.4 Å². The lowest BCUT2D eigenvalue weighted by atomic mass is 10.0. The van der Waals surface area contributed by atoms with Crippen LogP contribution in [0.2, 0.25) is 0 Å². The van der Waals surface area contributed by atoms with Crippen LogP contribution in [0.5, 0.6) is 0 Å². The number of carbonyl (C=O) groups excluding carboxylic acids is 1. The van der Waals surface area contributed by atoms with Crippen molar-refractivity contribution in [2.45, 2.75) is 26.2 Å². The van der Waals surface area contributed by atoms with Crippen molar-refractivity contribution < 1.29 is 14.7 Å². The molecule has 2 N–H and O–H groups in total. The number of carboxylic acid groups (broad SMARTS) is 1. The third-order valence-electron chi connectivity index (χ3n) is 3.48. The SMILES string of the molecule is CC1CCCN(C(=O)Nc2cccc(CC(=O)O)c2)C1. The van der Waals surface area contributed by atoms with E-state index in [0.29, 0.717) is 17.2 Å². The van der Waals surface area contributed by atoms with Gasteiger partial charge in [0, 0.05) is 18.8 Å². The second-order valence-electron chi connectivity index (χ2n) is 5.39. The second kappa shape index (κ2) is 6.41. The lowest BCUT2D eigenvalue weighted by molar-refractivity contribution is -0.136. The number of anilines is 1. The number of hydrogen-bond donors (Lipinski definition) is 2. The molecule has 0 bridgehead atoms. The average molecular weight is 276 g/mol. The Kier molecular flexibility index (Phi) is 4.61. The van der Waals surface area contributed by atoms with Crippen LogP contribution in [0.4, 0.5) is 10.5 Å². The number of hydrogen-bond acceptors (Lipinski definition) is 2. The number of piperidine rings is 1. The van der Waals surface area contributed by atoms with E-state index in [1.165, 1.54) is 0 Å². The first-order chi connectivity index (χ1) is 9.54. The first-order valence-corrected chi connectivity index (χ1v) is 6.91. The summed E-state index contributed by atoms with van der Waals surface area (Å²) in [6.07, 6.45) is 2.16. The summed E-state index contributed by atoms with van der Waals surface area (Å²) in [5.74, 6) is -0.342. The van der Waals surface area contributed by atoms with Gasteiger partial charge in [-0.1, -0.05) is 19.1 Å². The van der Waals surface area contributed by atoms with Crippen molar-refractivity contribution in [3.63, 3.8) is 0 Å². The fraction of sp³-hybridized carbons (Fsp3) is 0.467. The van der Waals surface area contributed by atoms with Crippen LogP contribution in [0, 0.1) is 5.92 Å². The van der Waals surface area contributed by atoms with E-state index < -0.39 is 5.97 Å². The number of carboxylic acids is 1. The number of carbonyl (C=O) groups is 2. The third kappa shape index (κ3) is 3.98. The zero-order chi connectivity index (χ0) is 14.5. The lowest BCUT2D eigenvalue weighted by Gasteiger charge is -2.30. The normalized spacial score (nSPS) is 18.6. The van der Waals surface area contributed by atoms with Gasteiger partial charge in [-0.2, -0.15) is 0 Å². The Morgan fingerprint density at radius 2 is 2.25 bits per heavy atom. The van der Waals surface area contributed by atoms with Crippen LogP contribution in [0.1, 0.15) is 25.3 Å². The maximum absolute atomic E-state index is 12.1. The molecule has 2 amide bonds. The van der Waals surface area contributed by atoms with Gasteiger partial charge in [-0.25, -0.2) is 4.79 Å².